The number of rotatable bonds is 59. The average Bonchev–Trinajstić information content (AvgIpc) is 3.39. The van der Waals surface area contributed by atoms with Gasteiger partial charge in [-0.05, 0) is 103 Å². The van der Waals surface area contributed by atoms with Crippen molar-refractivity contribution in [1.29, 1.82) is 0 Å². The van der Waals surface area contributed by atoms with E-state index in [1.807, 2.05) is 0 Å². The van der Waals surface area contributed by atoms with Gasteiger partial charge < -0.3 is 14.2 Å². The number of ether oxygens (including phenoxy) is 3. The summed E-state index contributed by atoms with van der Waals surface area (Å²) in [6.07, 6.45) is 77.0. The summed E-state index contributed by atoms with van der Waals surface area (Å²) in [4.78, 5) is 38.2. The molecular formula is C67H122O6. The summed E-state index contributed by atoms with van der Waals surface area (Å²) in [7, 11) is 0. The molecule has 0 saturated carbocycles. The van der Waals surface area contributed by atoms with Gasteiger partial charge in [-0.1, -0.05) is 268 Å². The molecule has 0 N–H and O–H groups in total. The maximum atomic E-state index is 12.9. The summed E-state index contributed by atoms with van der Waals surface area (Å²) >= 11 is 0. The summed E-state index contributed by atoms with van der Waals surface area (Å²) in [6.45, 7) is 6.62. The van der Waals surface area contributed by atoms with Gasteiger partial charge in [0.15, 0.2) is 6.10 Å². The van der Waals surface area contributed by atoms with Crippen LogP contribution in [0.4, 0.5) is 0 Å². The van der Waals surface area contributed by atoms with Crippen LogP contribution in [0.2, 0.25) is 0 Å². The fourth-order valence-electron chi connectivity index (χ4n) is 9.41. The molecule has 0 aliphatic heterocycles. The van der Waals surface area contributed by atoms with Crippen LogP contribution in [-0.2, 0) is 28.6 Å². The second-order valence-electron chi connectivity index (χ2n) is 21.7. The second kappa shape index (κ2) is 61.9. The topological polar surface area (TPSA) is 78.9 Å². The van der Waals surface area contributed by atoms with Crippen molar-refractivity contribution in [2.24, 2.45) is 0 Å². The fraction of sp³-hybridized carbons (Fsp3) is 0.836. The van der Waals surface area contributed by atoms with Gasteiger partial charge in [-0.15, -0.1) is 0 Å². The van der Waals surface area contributed by atoms with Crippen LogP contribution in [0.5, 0.6) is 0 Å². The predicted molar refractivity (Wildman–Crippen MR) is 316 cm³/mol. The van der Waals surface area contributed by atoms with Gasteiger partial charge in [0.1, 0.15) is 13.2 Å². The average molecular weight is 1020 g/mol. The molecule has 0 fully saturated rings. The number of carbonyl (C=O) groups is 3. The monoisotopic (exact) mass is 1020 g/mol. The molecule has 1 unspecified atom stereocenters. The lowest BCUT2D eigenvalue weighted by molar-refractivity contribution is -0.167. The van der Waals surface area contributed by atoms with E-state index in [0.29, 0.717) is 19.3 Å². The molecular weight excluding hydrogens is 901 g/mol. The smallest absolute Gasteiger partial charge is 0.306 e. The minimum Gasteiger partial charge on any atom is -0.462 e. The van der Waals surface area contributed by atoms with Gasteiger partial charge in [0.05, 0.1) is 0 Å². The first kappa shape index (κ1) is 70.4. The van der Waals surface area contributed by atoms with E-state index in [9.17, 15) is 14.4 Å². The number of allylic oxidation sites excluding steroid dienone is 8. The van der Waals surface area contributed by atoms with E-state index in [2.05, 4.69) is 69.4 Å². The number of carbonyl (C=O) groups excluding carboxylic acids is 3. The van der Waals surface area contributed by atoms with Crippen LogP contribution in [0.3, 0.4) is 0 Å². The summed E-state index contributed by atoms with van der Waals surface area (Å²) < 4.78 is 16.9. The molecule has 1 atom stereocenters. The molecule has 0 amide bonds. The predicted octanol–water partition coefficient (Wildman–Crippen LogP) is 21.8. The second-order valence-corrected chi connectivity index (χ2v) is 21.7. The Morgan fingerprint density at radius 2 is 0.493 bits per heavy atom. The van der Waals surface area contributed by atoms with E-state index < -0.39 is 6.10 Å². The van der Waals surface area contributed by atoms with Crippen LogP contribution in [-0.4, -0.2) is 37.2 Å². The zero-order valence-electron chi connectivity index (χ0n) is 48.9. The normalized spacial score (nSPS) is 12.3. The van der Waals surface area contributed by atoms with E-state index in [-0.39, 0.29) is 31.1 Å². The molecule has 0 heterocycles. The third kappa shape index (κ3) is 60.1. The first-order valence-electron chi connectivity index (χ1n) is 32.1. The zero-order chi connectivity index (χ0) is 52.9. The number of hydrogen-bond donors (Lipinski definition) is 0. The Morgan fingerprint density at radius 3 is 0.808 bits per heavy atom. The maximum absolute atomic E-state index is 12.9. The van der Waals surface area contributed by atoms with Gasteiger partial charge >= 0.3 is 17.9 Å². The van der Waals surface area contributed by atoms with Gasteiger partial charge in [0, 0.05) is 19.3 Å². The summed E-state index contributed by atoms with van der Waals surface area (Å²) in [5, 5.41) is 0. The quantitative estimate of drug-likeness (QED) is 0.0261. The van der Waals surface area contributed by atoms with Gasteiger partial charge in [0.2, 0.25) is 0 Å². The molecule has 0 rings (SSSR count). The highest BCUT2D eigenvalue weighted by molar-refractivity contribution is 5.71. The van der Waals surface area contributed by atoms with Gasteiger partial charge in [0.25, 0.3) is 0 Å². The lowest BCUT2D eigenvalue weighted by Crippen LogP contribution is -2.30. The van der Waals surface area contributed by atoms with E-state index in [1.54, 1.807) is 0 Å². The van der Waals surface area contributed by atoms with Gasteiger partial charge in [-0.3, -0.25) is 14.4 Å². The summed E-state index contributed by atoms with van der Waals surface area (Å²) in [6, 6.07) is 0. The van der Waals surface area contributed by atoms with Crippen LogP contribution in [0.25, 0.3) is 0 Å². The van der Waals surface area contributed by atoms with Crippen LogP contribution >= 0.6 is 0 Å². The number of hydrogen-bond acceptors (Lipinski definition) is 6. The van der Waals surface area contributed by atoms with E-state index >= 15 is 0 Å². The molecule has 0 spiro atoms. The third-order valence-corrected chi connectivity index (χ3v) is 14.3. The molecule has 0 aromatic heterocycles. The lowest BCUT2D eigenvalue weighted by atomic mass is 10.0. The van der Waals surface area contributed by atoms with Crippen LogP contribution in [0.1, 0.15) is 342 Å². The molecule has 426 valence electrons. The van der Waals surface area contributed by atoms with Gasteiger partial charge in [-0.2, -0.15) is 0 Å². The van der Waals surface area contributed by atoms with Crippen molar-refractivity contribution >= 4 is 17.9 Å². The largest absolute Gasteiger partial charge is 0.462 e. The van der Waals surface area contributed by atoms with Crippen molar-refractivity contribution in [2.45, 2.75) is 348 Å². The highest BCUT2D eigenvalue weighted by atomic mass is 16.6. The minimum absolute atomic E-state index is 0.0788. The molecule has 0 bridgehead atoms. The standard InChI is InChI=1S/C67H122O6/c1-4-7-10-13-16-19-22-25-27-28-29-30-31-32-33-34-35-36-37-38-40-42-45-48-51-54-57-60-66(69)72-63-64(62-71-65(68)59-56-53-50-47-44-41-24-21-18-15-12-9-6-3)73-67(70)61-58-55-52-49-46-43-39-26-23-20-17-14-11-8-5-2/h17,20-21,24,26,28-29,39,64H,4-16,18-19,22-23,25,27,30-38,40-63H2,1-3H3/b20-17-,24-21-,29-28-,39-26-. The van der Waals surface area contributed by atoms with Crippen molar-refractivity contribution in [3.8, 4) is 0 Å². The van der Waals surface area contributed by atoms with E-state index in [1.165, 1.54) is 212 Å². The van der Waals surface area contributed by atoms with Crippen LogP contribution in [0, 0.1) is 0 Å². The van der Waals surface area contributed by atoms with E-state index in [0.717, 1.165) is 89.9 Å². The van der Waals surface area contributed by atoms with Crippen LogP contribution < -0.4 is 0 Å². The fourth-order valence-corrected chi connectivity index (χ4v) is 9.41. The summed E-state index contributed by atoms with van der Waals surface area (Å²) in [5.41, 5.74) is 0. The zero-order valence-corrected chi connectivity index (χ0v) is 48.9. The summed E-state index contributed by atoms with van der Waals surface area (Å²) in [5.74, 6) is -0.885. The molecule has 0 saturated heterocycles. The van der Waals surface area contributed by atoms with Crippen molar-refractivity contribution in [2.75, 3.05) is 13.2 Å². The molecule has 0 aromatic rings. The highest BCUT2D eigenvalue weighted by Gasteiger charge is 2.19. The first-order chi connectivity index (χ1) is 36.0. The molecule has 0 radical (unpaired) electrons. The number of unbranched alkanes of at least 4 members (excludes halogenated alkanes) is 40. The third-order valence-electron chi connectivity index (χ3n) is 14.3. The molecule has 6 heteroatoms. The Hall–Kier alpha value is -2.63. The highest BCUT2D eigenvalue weighted by Crippen LogP contribution is 2.17. The minimum atomic E-state index is -0.783. The molecule has 0 aliphatic carbocycles. The Kier molecular flexibility index (Phi) is 59.7. The van der Waals surface area contributed by atoms with Crippen molar-refractivity contribution in [3.05, 3.63) is 48.6 Å². The van der Waals surface area contributed by atoms with Crippen molar-refractivity contribution in [1.82, 2.24) is 0 Å². The van der Waals surface area contributed by atoms with Gasteiger partial charge in [-0.25, -0.2) is 0 Å². The lowest BCUT2D eigenvalue weighted by Gasteiger charge is -2.18. The Balaban J connectivity index is 4.22. The van der Waals surface area contributed by atoms with Crippen LogP contribution in [0.15, 0.2) is 48.6 Å². The SMILES string of the molecule is CCCCC/C=C\C/C=C\CCCCCCCC(=O)OC(COC(=O)CCCCCCC/C=C\CCCCCC)COC(=O)CCCCCCCCCCCCCCCCC/C=C\CCCCCCCCCC. The maximum Gasteiger partial charge on any atom is 0.306 e. The van der Waals surface area contributed by atoms with E-state index in [4.69, 9.17) is 14.2 Å². The first-order valence-corrected chi connectivity index (χ1v) is 32.1. The molecule has 0 aliphatic rings. The molecule has 6 nitrogen and oxygen atoms in total. The Morgan fingerprint density at radius 1 is 0.274 bits per heavy atom. The Labute approximate surface area is 454 Å². The molecule has 0 aromatic carbocycles. The number of esters is 3. The van der Waals surface area contributed by atoms with Crippen molar-refractivity contribution in [3.63, 3.8) is 0 Å². The molecule has 73 heavy (non-hydrogen) atoms. The van der Waals surface area contributed by atoms with Crippen molar-refractivity contribution < 1.29 is 28.6 Å². The Bertz CT molecular complexity index is 1270.